The third kappa shape index (κ3) is 4.64. The van der Waals surface area contributed by atoms with Gasteiger partial charge in [-0.25, -0.2) is 4.98 Å². The predicted octanol–water partition coefficient (Wildman–Crippen LogP) is 1.62. The summed E-state index contributed by atoms with van der Waals surface area (Å²) >= 11 is 3.44. The maximum atomic E-state index is 12.1. The number of nitrogens with zero attached hydrogens (tertiary/aromatic N) is 4. The fourth-order valence-corrected chi connectivity index (χ4v) is 4.01. The van der Waals surface area contributed by atoms with Crippen LogP contribution < -0.4 is 10.1 Å². The Morgan fingerprint density at radius 2 is 2.46 bits per heavy atom. The lowest BCUT2D eigenvalue weighted by Gasteiger charge is -2.11. The number of pyridine rings is 1. The van der Waals surface area contributed by atoms with E-state index in [0.717, 1.165) is 28.8 Å². The van der Waals surface area contributed by atoms with Crippen molar-refractivity contribution in [3.05, 3.63) is 30.2 Å². The Hall–Kier alpha value is -1.74. The SMILES string of the molecule is Cn1cnnc1SCCNC(=O)c1ccc(O[C@@H]2CCSC2)nc1. The molecule has 2 aromatic rings. The average Bonchev–Trinajstić information content (AvgIpc) is 3.24. The molecule has 0 aromatic carbocycles. The first-order chi connectivity index (χ1) is 11.7. The van der Waals surface area contributed by atoms with Crippen molar-refractivity contribution in [1.29, 1.82) is 0 Å². The number of thioether (sulfide) groups is 2. The molecule has 1 N–H and O–H groups in total. The summed E-state index contributed by atoms with van der Waals surface area (Å²) in [7, 11) is 1.89. The van der Waals surface area contributed by atoms with Gasteiger partial charge in [-0.15, -0.1) is 10.2 Å². The number of rotatable bonds is 7. The van der Waals surface area contributed by atoms with Gasteiger partial charge in [-0.2, -0.15) is 11.8 Å². The summed E-state index contributed by atoms with van der Waals surface area (Å²) in [5, 5.41) is 11.5. The Labute approximate surface area is 149 Å². The van der Waals surface area contributed by atoms with Gasteiger partial charge in [0.2, 0.25) is 5.88 Å². The molecule has 1 aliphatic rings. The number of nitrogens with one attached hydrogen (secondary N) is 1. The minimum Gasteiger partial charge on any atom is -0.473 e. The fraction of sp³-hybridized carbons (Fsp3) is 0.467. The minimum atomic E-state index is -0.135. The van der Waals surface area contributed by atoms with Crippen molar-refractivity contribution >= 4 is 29.4 Å². The van der Waals surface area contributed by atoms with E-state index >= 15 is 0 Å². The second kappa shape index (κ2) is 8.39. The van der Waals surface area contributed by atoms with Crippen LogP contribution >= 0.6 is 23.5 Å². The molecule has 9 heteroatoms. The van der Waals surface area contributed by atoms with Crippen molar-refractivity contribution < 1.29 is 9.53 Å². The van der Waals surface area contributed by atoms with E-state index in [2.05, 4.69) is 20.5 Å². The first-order valence-corrected chi connectivity index (χ1v) is 9.82. The molecule has 0 radical (unpaired) electrons. The van der Waals surface area contributed by atoms with Gasteiger partial charge < -0.3 is 14.6 Å². The molecule has 1 saturated heterocycles. The number of carbonyl (C=O) groups excluding carboxylic acids is 1. The second-order valence-electron chi connectivity index (χ2n) is 5.32. The fourth-order valence-electron chi connectivity index (χ4n) is 2.17. The molecule has 0 saturated carbocycles. The molecule has 1 atom stereocenters. The molecule has 0 unspecified atom stereocenters. The molecule has 0 spiro atoms. The highest BCUT2D eigenvalue weighted by atomic mass is 32.2. The Kier molecular flexibility index (Phi) is 5.97. The van der Waals surface area contributed by atoms with Crippen LogP contribution in [0.25, 0.3) is 0 Å². The third-order valence-corrected chi connectivity index (χ3v) is 5.63. The number of amides is 1. The van der Waals surface area contributed by atoms with E-state index < -0.39 is 0 Å². The molecule has 3 rings (SSSR count). The first-order valence-electron chi connectivity index (χ1n) is 7.68. The number of hydrogen-bond acceptors (Lipinski definition) is 7. The van der Waals surface area contributed by atoms with Crippen LogP contribution in [0.5, 0.6) is 5.88 Å². The predicted molar refractivity (Wildman–Crippen MR) is 94.7 cm³/mol. The van der Waals surface area contributed by atoms with Crippen LogP contribution in [0, 0.1) is 0 Å². The highest BCUT2D eigenvalue weighted by Crippen LogP contribution is 2.22. The standard InChI is InChI=1S/C15H19N5O2S2/c1-20-10-18-19-15(20)24-7-5-16-14(21)11-2-3-13(17-8-11)22-12-4-6-23-9-12/h2-3,8,10,12H,4-7,9H2,1H3,(H,16,21)/t12-/m1/s1. The van der Waals surface area contributed by atoms with Crippen LogP contribution in [0.2, 0.25) is 0 Å². The molecular formula is C15H19N5O2S2. The lowest BCUT2D eigenvalue weighted by Crippen LogP contribution is -2.26. The summed E-state index contributed by atoms with van der Waals surface area (Å²) in [5.74, 6) is 3.32. The Morgan fingerprint density at radius 3 is 3.12 bits per heavy atom. The molecule has 1 fully saturated rings. The van der Waals surface area contributed by atoms with Crippen molar-refractivity contribution in [3.8, 4) is 5.88 Å². The summed E-state index contributed by atoms with van der Waals surface area (Å²) in [6, 6.07) is 3.50. The third-order valence-electron chi connectivity index (χ3n) is 3.46. The van der Waals surface area contributed by atoms with E-state index in [9.17, 15) is 4.79 Å². The number of aryl methyl sites for hydroxylation is 1. The Bertz CT molecular complexity index is 671. The van der Waals surface area contributed by atoms with Crippen molar-refractivity contribution in [1.82, 2.24) is 25.1 Å². The molecule has 24 heavy (non-hydrogen) atoms. The average molecular weight is 365 g/mol. The van der Waals surface area contributed by atoms with Gasteiger partial charge in [0, 0.05) is 37.4 Å². The van der Waals surface area contributed by atoms with Crippen LogP contribution in [-0.2, 0) is 7.05 Å². The topological polar surface area (TPSA) is 81.9 Å². The maximum Gasteiger partial charge on any atom is 0.252 e. The maximum absolute atomic E-state index is 12.1. The summed E-state index contributed by atoms with van der Waals surface area (Å²) in [6.45, 7) is 0.550. The second-order valence-corrected chi connectivity index (χ2v) is 7.53. The van der Waals surface area contributed by atoms with Crippen molar-refractivity contribution in [3.63, 3.8) is 0 Å². The smallest absolute Gasteiger partial charge is 0.252 e. The zero-order chi connectivity index (χ0) is 16.8. The number of ether oxygens (including phenoxy) is 1. The van der Waals surface area contributed by atoms with E-state index in [1.165, 1.54) is 0 Å². The lowest BCUT2D eigenvalue weighted by molar-refractivity contribution is 0.0955. The van der Waals surface area contributed by atoms with Crippen LogP contribution in [0.15, 0.2) is 29.8 Å². The zero-order valence-electron chi connectivity index (χ0n) is 13.3. The van der Waals surface area contributed by atoms with Crippen molar-refractivity contribution in [2.24, 2.45) is 7.05 Å². The van der Waals surface area contributed by atoms with E-state index in [1.54, 1.807) is 36.4 Å². The van der Waals surface area contributed by atoms with Gasteiger partial charge in [0.25, 0.3) is 5.91 Å². The van der Waals surface area contributed by atoms with Gasteiger partial charge >= 0.3 is 0 Å². The lowest BCUT2D eigenvalue weighted by atomic mass is 10.2. The van der Waals surface area contributed by atoms with Gasteiger partial charge in [0.15, 0.2) is 5.16 Å². The van der Waals surface area contributed by atoms with E-state index in [4.69, 9.17) is 4.74 Å². The van der Waals surface area contributed by atoms with E-state index in [-0.39, 0.29) is 12.0 Å². The van der Waals surface area contributed by atoms with Crippen LogP contribution in [-0.4, -0.2) is 55.6 Å². The van der Waals surface area contributed by atoms with E-state index in [1.807, 2.05) is 23.4 Å². The van der Waals surface area contributed by atoms with Gasteiger partial charge in [-0.05, 0) is 18.2 Å². The van der Waals surface area contributed by atoms with Gasteiger partial charge in [-0.3, -0.25) is 4.79 Å². The molecular weight excluding hydrogens is 346 g/mol. The van der Waals surface area contributed by atoms with Gasteiger partial charge in [0.05, 0.1) is 5.56 Å². The molecule has 0 aliphatic carbocycles. The first kappa shape index (κ1) is 17.1. The molecule has 1 amide bonds. The number of hydrogen-bond donors (Lipinski definition) is 1. The molecule has 1 aliphatic heterocycles. The molecule has 7 nitrogen and oxygen atoms in total. The molecule has 3 heterocycles. The van der Waals surface area contributed by atoms with Gasteiger partial charge in [0.1, 0.15) is 12.4 Å². The summed E-state index contributed by atoms with van der Waals surface area (Å²) in [4.78, 5) is 16.3. The normalized spacial score (nSPS) is 17.0. The van der Waals surface area contributed by atoms with Gasteiger partial charge in [-0.1, -0.05) is 11.8 Å². The minimum absolute atomic E-state index is 0.135. The zero-order valence-corrected chi connectivity index (χ0v) is 15.0. The monoisotopic (exact) mass is 365 g/mol. The quantitative estimate of drug-likeness (QED) is 0.590. The highest BCUT2D eigenvalue weighted by Gasteiger charge is 2.17. The summed E-state index contributed by atoms with van der Waals surface area (Å²) < 4.78 is 7.62. The van der Waals surface area contributed by atoms with Crippen LogP contribution in [0.3, 0.4) is 0 Å². The largest absolute Gasteiger partial charge is 0.473 e. The Morgan fingerprint density at radius 1 is 1.54 bits per heavy atom. The summed E-state index contributed by atoms with van der Waals surface area (Å²) in [5.41, 5.74) is 0.534. The molecule has 0 bridgehead atoms. The summed E-state index contributed by atoms with van der Waals surface area (Å²) in [6.07, 6.45) is 4.50. The van der Waals surface area contributed by atoms with Crippen molar-refractivity contribution in [2.75, 3.05) is 23.8 Å². The molecule has 2 aromatic heterocycles. The van der Waals surface area contributed by atoms with Crippen molar-refractivity contribution in [2.45, 2.75) is 17.7 Å². The van der Waals surface area contributed by atoms with Crippen LogP contribution in [0.1, 0.15) is 16.8 Å². The van der Waals surface area contributed by atoms with Crippen LogP contribution in [0.4, 0.5) is 0 Å². The number of aromatic nitrogens is 4. The molecule has 128 valence electrons. The van der Waals surface area contributed by atoms with E-state index in [0.29, 0.717) is 18.0 Å². The highest BCUT2D eigenvalue weighted by molar-refractivity contribution is 7.99. The Balaban J connectivity index is 1.42. The number of carbonyl (C=O) groups is 1.